The second-order valence-electron chi connectivity index (χ2n) is 3.36. The van der Waals surface area contributed by atoms with Crippen molar-refractivity contribution in [2.75, 3.05) is 13.7 Å². The Balaban J connectivity index is 2.57. The van der Waals surface area contributed by atoms with Crippen LogP contribution in [0.25, 0.3) is 0 Å². The maximum atomic E-state index is 8.42. The minimum absolute atomic E-state index is 0.244. The first-order valence-corrected chi connectivity index (χ1v) is 5.02. The van der Waals surface area contributed by atoms with E-state index in [0.717, 1.165) is 12.3 Å². The molecule has 0 heterocycles. The molecule has 0 bridgehead atoms. The Morgan fingerprint density at radius 2 is 2.33 bits per heavy atom. The van der Waals surface area contributed by atoms with E-state index < -0.39 is 0 Å². The molecule has 0 radical (unpaired) electrons. The summed E-state index contributed by atoms with van der Waals surface area (Å²) in [6, 6.07) is 10.3. The number of nitriles is 1. The van der Waals surface area contributed by atoms with E-state index in [9.17, 15) is 0 Å². The molecule has 0 saturated heterocycles. The molecule has 0 aliphatic rings. The van der Waals surface area contributed by atoms with Gasteiger partial charge in [0, 0.05) is 19.0 Å². The van der Waals surface area contributed by atoms with Gasteiger partial charge >= 0.3 is 0 Å². The molecular formula is C12H16N2O. The molecule has 1 aromatic rings. The van der Waals surface area contributed by atoms with Crippen molar-refractivity contribution >= 4 is 0 Å². The highest BCUT2D eigenvalue weighted by atomic mass is 16.5. The predicted molar refractivity (Wildman–Crippen MR) is 59.6 cm³/mol. The number of nitrogens with one attached hydrogen (secondary N) is 1. The topological polar surface area (TPSA) is 45.0 Å². The van der Waals surface area contributed by atoms with Crippen LogP contribution < -0.4 is 10.1 Å². The first-order chi connectivity index (χ1) is 7.27. The molecule has 3 heteroatoms. The van der Waals surface area contributed by atoms with Gasteiger partial charge in [-0.1, -0.05) is 12.1 Å². The Kier molecular flexibility index (Phi) is 4.65. The van der Waals surface area contributed by atoms with Gasteiger partial charge in [0.1, 0.15) is 5.75 Å². The minimum Gasteiger partial charge on any atom is -0.497 e. The number of hydrogen-bond donors (Lipinski definition) is 1. The Hall–Kier alpha value is -1.53. The molecule has 3 nitrogen and oxygen atoms in total. The molecule has 0 aliphatic heterocycles. The fourth-order valence-electron chi connectivity index (χ4n) is 1.37. The highest BCUT2D eigenvalue weighted by Gasteiger charge is 2.04. The summed E-state index contributed by atoms with van der Waals surface area (Å²) < 4.78 is 5.15. The number of rotatable bonds is 5. The first-order valence-electron chi connectivity index (χ1n) is 5.02. The highest BCUT2D eigenvalue weighted by molar-refractivity contribution is 5.30. The lowest BCUT2D eigenvalue weighted by atomic mass is 10.1. The summed E-state index contributed by atoms with van der Waals surface area (Å²) >= 11 is 0. The van der Waals surface area contributed by atoms with E-state index >= 15 is 0 Å². The van der Waals surface area contributed by atoms with Crippen molar-refractivity contribution in [3.63, 3.8) is 0 Å². The zero-order valence-corrected chi connectivity index (χ0v) is 9.16. The number of hydrogen-bond acceptors (Lipinski definition) is 3. The summed E-state index contributed by atoms with van der Waals surface area (Å²) in [6.07, 6.45) is 0.536. The average Bonchev–Trinajstić information content (AvgIpc) is 2.29. The Labute approximate surface area is 90.7 Å². The summed E-state index contributed by atoms with van der Waals surface area (Å²) in [5, 5.41) is 11.7. The average molecular weight is 204 g/mol. The zero-order chi connectivity index (χ0) is 11.1. The first kappa shape index (κ1) is 11.5. The van der Waals surface area contributed by atoms with Crippen LogP contribution in [0.1, 0.15) is 24.9 Å². The van der Waals surface area contributed by atoms with Gasteiger partial charge in [-0.2, -0.15) is 5.26 Å². The van der Waals surface area contributed by atoms with Crippen molar-refractivity contribution in [3.05, 3.63) is 29.8 Å². The molecule has 1 atom stereocenters. The van der Waals surface area contributed by atoms with Gasteiger partial charge in [-0.05, 0) is 24.6 Å². The van der Waals surface area contributed by atoms with Crippen LogP contribution in [0.5, 0.6) is 5.75 Å². The third kappa shape index (κ3) is 3.61. The molecule has 0 aliphatic carbocycles. The van der Waals surface area contributed by atoms with Gasteiger partial charge in [0.15, 0.2) is 0 Å². The van der Waals surface area contributed by atoms with Gasteiger partial charge in [0.25, 0.3) is 0 Å². The quantitative estimate of drug-likeness (QED) is 0.748. The van der Waals surface area contributed by atoms with E-state index in [0.29, 0.717) is 6.42 Å². The third-order valence-electron chi connectivity index (χ3n) is 2.28. The number of methoxy groups -OCH3 is 1. The molecule has 15 heavy (non-hydrogen) atoms. The van der Waals surface area contributed by atoms with Gasteiger partial charge in [-0.15, -0.1) is 0 Å². The summed E-state index contributed by atoms with van der Waals surface area (Å²) in [4.78, 5) is 0. The zero-order valence-electron chi connectivity index (χ0n) is 9.16. The SMILES string of the molecule is COc1cccc(C(C)NCCC#N)c1. The summed E-state index contributed by atoms with van der Waals surface area (Å²) in [7, 11) is 1.66. The molecule has 1 rings (SSSR count). The molecule has 0 amide bonds. The predicted octanol–water partition coefficient (Wildman–Crippen LogP) is 2.26. The third-order valence-corrected chi connectivity index (χ3v) is 2.28. The van der Waals surface area contributed by atoms with Crippen molar-refractivity contribution < 1.29 is 4.74 Å². The van der Waals surface area contributed by atoms with Crippen LogP contribution in [0.3, 0.4) is 0 Å². The minimum atomic E-state index is 0.244. The Morgan fingerprint density at radius 1 is 1.53 bits per heavy atom. The van der Waals surface area contributed by atoms with Gasteiger partial charge in [-0.25, -0.2) is 0 Å². The highest BCUT2D eigenvalue weighted by Crippen LogP contribution is 2.18. The van der Waals surface area contributed by atoms with E-state index in [1.54, 1.807) is 7.11 Å². The van der Waals surface area contributed by atoms with E-state index in [-0.39, 0.29) is 6.04 Å². The Bertz CT molecular complexity index is 344. The van der Waals surface area contributed by atoms with Crippen molar-refractivity contribution in [2.24, 2.45) is 0 Å². The number of benzene rings is 1. The summed E-state index contributed by atoms with van der Waals surface area (Å²) in [5.74, 6) is 0.862. The summed E-state index contributed by atoms with van der Waals surface area (Å²) in [5.41, 5.74) is 1.17. The van der Waals surface area contributed by atoms with E-state index in [4.69, 9.17) is 10.00 Å². The van der Waals surface area contributed by atoms with E-state index in [1.165, 1.54) is 5.56 Å². The molecule has 0 fully saturated rings. The van der Waals surface area contributed by atoms with E-state index in [2.05, 4.69) is 18.3 Å². The maximum Gasteiger partial charge on any atom is 0.119 e. The second kappa shape index (κ2) is 6.05. The molecular weight excluding hydrogens is 188 g/mol. The maximum absolute atomic E-state index is 8.42. The molecule has 1 aromatic carbocycles. The van der Waals surface area contributed by atoms with Crippen LogP contribution in [0.4, 0.5) is 0 Å². The monoisotopic (exact) mass is 204 g/mol. The molecule has 80 valence electrons. The Morgan fingerprint density at radius 3 is 3.00 bits per heavy atom. The lowest BCUT2D eigenvalue weighted by molar-refractivity contribution is 0.413. The van der Waals surface area contributed by atoms with Gasteiger partial charge < -0.3 is 10.1 Å². The molecule has 1 unspecified atom stereocenters. The van der Waals surface area contributed by atoms with Crippen molar-refractivity contribution in [3.8, 4) is 11.8 Å². The van der Waals surface area contributed by atoms with Crippen LogP contribution in [-0.4, -0.2) is 13.7 Å². The fraction of sp³-hybridized carbons (Fsp3) is 0.417. The van der Waals surface area contributed by atoms with Crippen LogP contribution >= 0.6 is 0 Å². The van der Waals surface area contributed by atoms with Gasteiger partial charge in [0.2, 0.25) is 0 Å². The van der Waals surface area contributed by atoms with Crippen molar-refractivity contribution in [1.29, 1.82) is 5.26 Å². The van der Waals surface area contributed by atoms with E-state index in [1.807, 2.05) is 24.3 Å². The lowest BCUT2D eigenvalue weighted by Gasteiger charge is -2.13. The molecule has 1 N–H and O–H groups in total. The van der Waals surface area contributed by atoms with Crippen LogP contribution in [0.2, 0.25) is 0 Å². The van der Waals surface area contributed by atoms with Gasteiger partial charge in [-0.3, -0.25) is 0 Å². The lowest BCUT2D eigenvalue weighted by Crippen LogP contribution is -2.19. The molecule has 0 aromatic heterocycles. The number of nitrogens with zero attached hydrogens (tertiary/aromatic N) is 1. The van der Waals surface area contributed by atoms with Crippen molar-refractivity contribution in [1.82, 2.24) is 5.32 Å². The van der Waals surface area contributed by atoms with Crippen LogP contribution in [0.15, 0.2) is 24.3 Å². The standard InChI is InChI=1S/C12H16N2O/c1-10(14-8-4-7-13)11-5-3-6-12(9-11)15-2/h3,5-6,9-10,14H,4,8H2,1-2H3. The number of ether oxygens (including phenoxy) is 1. The van der Waals surface area contributed by atoms with Crippen LogP contribution in [0, 0.1) is 11.3 Å². The smallest absolute Gasteiger partial charge is 0.119 e. The largest absolute Gasteiger partial charge is 0.497 e. The van der Waals surface area contributed by atoms with Crippen LogP contribution in [-0.2, 0) is 0 Å². The fourth-order valence-corrected chi connectivity index (χ4v) is 1.37. The molecule has 0 spiro atoms. The van der Waals surface area contributed by atoms with Gasteiger partial charge in [0.05, 0.1) is 13.2 Å². The van der Waals surface area contributed by atoms with Crippen molar-refractivity contribution in [2.45, 2.75) is 19.4 Å². The normalized spacial score (nSPS) is 11.8. The second-order valence-corrected chi connectivity index (χ2v) is 3.36. The summed E-state index contributed by atoms with van der Waals surface area (Å²) in [6.45, 7) is 2.79. The molecule has 0 saturated carbocycles.